The highest BCUT2D eigenvalue weighted by Crippen LogP contribution is 2.29. The molecule has 0 fully saturated rings. The lowest BCUT2D eigenvalue weighted by atomic mass is 10.00. The van der Waals surface area contributed by atoms with E-state index in [1.807, 2.05) is 14.0 Å². The number of nitrogens with zero attached hydrogens (tertiary/aromatic N) is 1. The molecule has 0 N–H and O–H groups in total. The van der Waals surface area contributed by atoms with Crippen molar-refractivity contribution in [2.24, 2.45) is 0 Å². The van der Waals surface area contributed by atoms with Crippen molar-refractivity contribution < 1.29 is 4.79 Å². The Kier molecular flexibility index (Phi) is 4.21. The van der Waals surface area contributed by atoms with Crippen LogP contribution in [0, 0.1) is 0 Å². The summed E-state index contributed by atoms with van der Waals surface area (Å²) in [5, 5.41) is 0. The van der Waals surface area contributed by atoms with Crippen LogP contribution in [0.5, 0.6) is 0 Å². The average molecular weight is 251 g/mol. The van der Waals surface area contributed by atoms with Gasteiger partial charge >= 0.3 is 0 Å². The zero-order chi connectivity index (χ0) is 12.3. The van der Waals surface area contributed by atoms with Gasteiger partial charge in [0.25, 0.3) is 5.91 Å². The molecule has 0 atom stereocenters. The molecule has 0 bridgehead atoms. The van der Waals surface area contributed by atoms with Crippen LogP contribution in [0.2, 0.25) is 0 Å². The first-order valence-electron chi connectivity index (χ1n) is 6.59. The molecule has 0 saturated heterocycles. The molecule has 2 nitrogen and oxygen atoms in total. The molecule has 1 aliphatic rings. The third kappa shape index (κ3) is 2.89. The molecule has 0 saturated carbocycles. The third-order valence-electron chi connectivity index (χ3n) is 3.53. The fourth-order valence-corrected chi connectivity index (χ4v) is 3.53. The van der Waals surface area contributed by atoms with Gasteiger partial charge in [0.2, 0.25) is 0 Å². The van der Waals surface area contributed by atoms with Gasteiger partial charge < -0.3 is 4.90 Å². The zero-order valence-electron chi connectivity index (χ0n) is 10.8. The van der Waals surface area contributed by atoms with Crippen molar-refractivity contribution in [1.29, 1.82) is 0 Å². The number of carbonyl (C=O) groups is 1. The van der Waals surface area contributed by atoms with Gasteiger partial charge in [0.1, 0.15) is 0 Å². The number of aryl methyl sites for hydroxylation is 2. The Morgan fingerprint density at radius 1 is 1.29 bits per heavy atom. The van der Waals surface area contributed by atoms with E-state index in [0.29, 0.717) is 0 Å². The van der Waals surface area contributed by atoms with Crippen LogP contribution >= 0.6 is 11.3 Å². The van der Waals surface area contributed by atoms with E-state index in [4.69, 9.17) is 0 Å². The van der Waals surface area contributed by atoms with E-state index in [1.165, 1.54) is 42.5 Å². The van der Waals surface area contributed by atoms with Crippen LogP contribution in [0.3, 0.4) is 0 Å². The number of carbonyl (C=O) groups excluding carboxylic acids is 1. The van der Waals surface area contributed by atoms with Crippen molar-refractivity contribution in [3.8, 4) is 0 Å². The molecule has 1 amide bonds. The topological polar surface area (TPSA) is 20.3 Å². The van der Waals surface area contributed by atoms with Gasteiger partial charge in [-0.05, 0) is 44.2 Å². The Labute approximate surface area is 108 Å². The number of rotatable bonds is 2. The van der Waals surface area contributed by atoms with Crippen molar-refractivity contribution in [2.75, 3.05) is 13.6 Å². The van der Waals surface area contributed by atoms with Crippen LogP contribution in [0.1, 0.15) is 52.7 Å². The summed E-state index contributed by atoms with van der Waals surface area (Å²) in [5.74, 6) is 0.184. The minimum absolute atomic E-state index is 0.184. The van der Waals surface area contributed by atoms with Gasteiger partial charge in [-0.25, -0.2) is 0 Å². The quantitative estimate of drug-likeness (QED) is 0.788. The Balaban J connectivity index is 2.20. The predicted octanol–water partition coefficient (Wildman–Crippen LogP) is 3.50. The van der Waals surface area contributed by atoms with E-state index < -0.39 is 0 Å². The molecule has 1 aromatic heterocycles. The molecule has 1 aliphatic carbocycles. The smallest absolute Gasteiger partial charge is 0.263 e. The van der Waals surface area contributed by atoms with E-state index in [-0.39, 0.29) is 5.91 Å². The zero-order valence-corrected chi connectivity index (χ0v) is 11.6. The average Bonchev–Trinajstić information content (AvgIpc) is 2.69. The maximum Gasteiger partial charge on any atom is 0.263 e. The lowest BCUT2D eigenvalue weighted by Crippen LogP contribution is -2.25. The standard InChI is InChI=1S/C14H21NOS/c1-3-15(2)14(16)13-10-11-8-6-4-5-7-9-12(11)17-13/h10H,3-9H2,1-2H3. The molecule has 2 rings (SSSR count). The van der Waals surface area contributed by atoms with Gasteiger partial charge in [-0.15, -0.1) is 11.3 Å². The first kappa shape index (κ1) is 12.6. The molecule has 1 aromatic rings. The van der Waals surface area contributed by atoms with Gasteiger partial charge in [0.05, 0.1) is 4.88 Å². The molecule has 1 heterocycles. The van der Waals surface area contributed by atoms with Crippen LogP contribution in [0.25, 0.3) is 0 Å². The van der Waals surface area contributed by atoms with Gasteiger partial charge in [-0.1, -0.05) is 12.8 Å². The summed E-state index contributed by atoms with van der Waals surface area (Å²) in [6, 6.07) is 2.14. The fraction of sp³-hybridized carbons (Fsp3) is 0.643. The van der Waals surface area contributed by atoms with Crippen LogP contribution in [0.4, 0.5) is 0 Å². The Hall–Kier alpha value is -0.830. The van der Waals surface area contributed by atoms with Crippen LogP contribution in [-0.2, 0) is 12.8 Å². The first-order chi connectivity index (χ1) is 8.22. The first-order valence-corrected chi connectivity index (χ1v) is 7.41. The Morgan fingerprint density at radius 3 is 2.71 bits per heavy atom. The number of hydrogen-bond donors (Lipinski definition) is 0. The molecule has 17 heavy (non-hydrogen) atoms. The van der Waals surface area contributed by atoms with E-state index in [2.05, 4.69) is 6.07 Å². The van der Waals surface area contributed by atoms with Gasteiger partial charge in [-0.2, -0.15) is 0 Å². The summed E-state index contributed by atoms with van der Waals surface area (Å²) in [5.41, 5.74) is 1.43. The molecule has 0 aliphatic heterocycles. The normalized spacial score (nSPS) is 15.9. The molecule has 3 heteroatoms. The number of amides is 1. The van der Waals surface area contributed by atoms with Gasteiger partial charge in [0, 0.05) is 18.5 Å². The highest BCUT2D eigenvalue weighted by Gasteiger charge is 2.17. The molecule has 94 valence electrons. The molecular weight excluding hydrogens is 230 g/mol. The maximum atomic E-state index is 12.1. The van der Waals surface area contributed by atoms with E-state index >= 15 is 0 Å². The highest BCUT2D eigenvalue weighted by molar-refractivity contribution is 7.14. The van der Waals surface area contributed by atoms with Gasteiger partial charge in [0.15, 0.2) is 0 Å². The monoisotopic (exact) mass is 251 g/mol. The van der Waals surface area contributed by atoms with Crippen LogP contribution < -0.4 is 0 Å². The highest BCUT2D eigenvalue weighted by atomic mass is 32.1. The molecular formula is C14H21NOS. The Morgan fingerprint density at radius 2 is 2.00 bits per heavy atom. The Bertz CT molecular complexity index is 371. The van der Waals surface area contributed by atoms with Crippen molar-refractivity contribution in [3.63, 3.8) is 0 Å². The molecule has 0 spiro atoms. The fourth-order valence-electron chi connectivity index (χ4n) is 2.28. The van der Waals surface area contributed by atoms with Crippen molar-refractivity contribution in [3.05, 3.63) is 21.4 Å². The lowest BCUT2D eigenvalue weighted by molar-refractivity contribution is 0.0807. The minimum Gasteiger partial charge on any atom is -0.341 e. The second kappa shape index (κ2) is 5.67. The summed E-state index contributed by atoms with van der Waals surface area (Å²) in [7, 11) is 1.87. The van der Waals surface area contributed by atoms with Crippen LogP contribution in [-0.4, -0.2) is 24.4 Å². The largest absolute Gasteiger partial charge is 0.341 e. The predicted molar refractivity (Wildman–Crippen MR) is 72.8 cm³/mol. The van der Waals surface area contributed by atoms with E-state index in [9.17, 15) is 4.79 Å². The second-order valence-electron chi connectivity index (χ2n) is 4.79. The third-order valence-corrected chi connectivity index (χ3v) is 4.75. The minimum atomic E-state index is 0.184. The van der Waals surface area contributed by atoms with E-state index in [0.717, 1.165) is 17.8 Å². The van der Waals surface area contributed by atoms with Crippen LogP contribution in [0.15, 0.2) is 6.07 Å². The number of thiophene rings is 1. The lowest BCUT2D eigenvalue weighted by Gasteiger charge is -2.12. The molecule has 0 radical (unpaired) electrons. The molecule has 0 unspecified atom stereocenters. The molecule has 0 aromatic carbocycles. The summed E-state index contributed by atoms with van der Waals surface area (Å²) in [4.78, 5) is 16.3. The summed E-state index contributed by atoms with van der Waals surface area (Å²) in [6.07, 6.45) is 7.58. The van der Waals surface area contributed by atoms with E-state index in [1.54, 1.807) is 16.2 Å². The van der Waals surface area contributed by atoms with Gasteiger partial charge in [-0.3, -0.25) is 4.79 Å². The number of hydrogen-bond acceptors (Lipinski definition) is 2. The second-order valence-corrected chi connectivity index (χ2v) is 5.93. The van der Waals surface area contributed by atoms with Crippen molar-refractivity contribution in [2.45, 2.75) is 45.4 Å². The summed E-state index contributed by atoms with van der Waals surface area (Å²) < 4.78 is 0. The number of fused-ring (bicyclic) bond motifs is 1. The summed E-state index contributed by atoms with van der Waals surface area (Å²) >= 11 is 1.72. The summed E-state index contributed by atoms with van der Waals surface area (Å²) in [6.45, 7) is 2.79. The van der Waals surface area contributed by atoms with Crippen molar-refractivity contribution >= 4 is 17.2 Å². The van der Waals surface area contributed by atoms with Crippen molar-refractivity contribution in [1.82, 2.24) is 4.90 Å². The maximum absolute atomic E-state index is 12.1. The SMILES string of the molecule is CCN(C)C(=O)c1cc2c(s1)CCCCCC2.